The lowest BCUT2D eigenvalue weighted by atomic mass is 10.0. The number of morpholine rings is 1. The number of hydrogen-bond donors (Lipinski definition) is 0. The maximum absolute atomic E-state index is 14.0. The zero-order valence-electron chi connectivity index (χ0n) is 21.4. The fraction of sp³-hybridized carbons (Fsp3) is 0.250. The predicted molar refractivity (Wildman–Crippen MR) is 152 cm³/mol. The molecule has 4 heterocycles. The lowest BCUT2D eigenvalue weighted by Gasteiger charge is -2.33. The number of carbonyl (C=O) groups excluding carboxylic acids is 1. The highest BCUT2D eigenvalue weighted by molar-refractivity contribution is 9.10. The number of carbonyl (C=O) groups is 1. The lowest BCUT2D eigenvalue weighted by molar-refractivity contribution is -0.0211. The first-order valence-corrected chi connectivity index (χ1v) is 13.7. The quantitative estimate of drug-likeness (QED) is 0.279. The number of benzene rings is 2. The Hall–Kier alpha value is -3.60. The van der Waals surface area contributed by atoms with E-state index in [9.17, 15) is 4.79 Å². The summed E-state index contributed by atoms with van der Waals surface area (Å²) in [5, 5.41) is 14.5. The zero-order chi connectivity index (χ0) is 27.1. The Morgan fingerprint density at radius 3 is 2.79 bits per heavy atom. The summed E-state index contributed by atoms with van der Waals surface area (Å²) >= 11 is 9.81. The smallest absolute Gasteiger partial charge is 0.254 e. The molecule has 39 heavy (non-hydrogen) atoms. The number of ether oxygens (including phenoxy) is 1. The summed E-state index contributed by atoms with van der Waals surface area (Å²) in [6, 6.07) is 17.3. The number of pyridine rings is 1. The van der Waals surface area contributed by atoms with Crippen LogP contribution < -0.4 is 0 Å². The number of aromatic nitrogens is 6. The Kier molecular flexibility index (Phi) is 6.92. The number of fused-ring (bicyclic) bond motifs is 1. The van der Waals surface area contributed by atoms with Crippen LogP contribution in [0.4, 0.5) is 0 Å². The van der Waals surface area contributed by atoms with Crippen LogP contribution in [0, 0.1) is 6.92 Å². The van der Waals surface area contributed by atoms with E-state index >= 15 is 0 Å². The molecule has 1 unspecified atom stereocenters. The fourth-order valence-corrected chi connectivity index (χ4v) is 5.74. The van der Waals surface area contributed by atoms with Gasteiger partial charge >= 0.3 is 0 Å². The molecule has 9 nitrogen and oxygen atoms in total. The molecule has 0 radical (unpaired) electrons. The van der Waals surface area contributed by atoms with Gasteiger partial charge in [-0.05, 0) is 31.2 Å². The van der Waals surface area contributed by atoms with Crippen LogP contribution in [-0.2, 0) is 18.2 Å². The third kappa shape index (κ3) is 5.07. The SMILES string of the molecule is Cc1nn(C)c2nc(-c3ccccc3)cc(C(=O)N3CCOC(Cc4cn(-c5ccc(Br)cc5Cl)nn4)C3)c12. The van der Waals surface area contributed by atoms with Gasteiger partial charge in [-0.25, -0.2) is 9.67 Å². The maximum Gasteiger partial charge on any atom is 0.254 e. The molecule has 0 aliphatic carbocycles. The summed E-state index contributed by atoms with van der Waals surface area (Å²) in [5.41, 5.74) is 5.24. The average Bonchev–Trinajstić information content (AvgIpc) is 3.51. The second kappa shape index (κ2) is 10.5. The van der Waals surface area contributed by atoms with E-state index in [2.05, 4.69) is 31.3 Å². The van der Waals surface area contributed by atoms with Crippen molar-refractivity contribution in [1.82, 2.24) is 34.7 Å². The van der Waals surface area contributed by atoms with Crippen molar-refractivity contribution < 1.29 is 9.53 Å². The van der Waals surface area contributed by atoms with Gasteiger partial charge in [-0.15, -0.1) is 5.10 Å². The van der Waals surface area contributed by atoms with Crippen molar-refractivity contribution in [2.45, 2.75) is 19.4 Å². The van der Waals surface area contributed by atoms with Gasteiger partial charge in [0.2, 0.25) is 0 Å². The van der Waals surface area contributed by atoms with E-state index in [1.807, 2.05) is 79.7 Å². The van der Waals surface area contributed by atoms with Crippen molar-refractivity contribution in [3.05, 3.63) is 87.2 Å². The van der Waals surface area contributed by atoms with E-state index < -0.39 is 0 Å². The van der Waals surface area contributed by atoms with E-state index in [-0.39, 0.29) is 12.0 Å². The van der Waals surface area contributed by atoms with Crippen molar-refractivity contribution in [2.24, 2.45) is 7.05 Å². The van der Waals surface area contributed by atoms with E-state index in [0.717, 1.165) is 38.2 Å². The number of aryl methyl sites for hydroxylation is 2. The Morgan fingerprint density at radius 1 is 1.18 bits per heavy atom. The van der Waals surface area contributed by atoms with Gasteiger partial charge in [-0.2, -0.15) is 5.10 Å². The molecule has 0 N–H and O–H groups in total. The number of rotatable bonds is 5. The van der Waals surface area contributed by atoms with Gasteiger partial charge in [0.1, 0.15) is 0 Å². The third-order valence-electron chi connectivity index (χ3n) is 6.83. The number of nitrogens with zero attached hydrogens (tertiary/aromatic N) is 7. The Labute approximate surface area is 238 Å². The largest absolute Gasteiger partial charge is 0.374 e. The lowest BCUT2D eigenvalue weighted by Crippen LogP contribution is -2.46. The molecule has 0 bridgehead atoms. The maximum atomic E-state index is 14.0. The number of hydrogen-bond acceptors (Lipinski definition) is 6. The predicted octanol–water partition coefficient (Wildman–Crippen LogP) is 5.02. The molecule has 198 valence electrons. The Morgan fingerprint density at radius 2 is 2.00 bits per heavy atom. The second-order valence-corrected chi connectivity index (χ2v) is 10.8. The first kappa shape index (κ1) is 25.7. The molecule has 1 amide bonds. The molecule has 1 fully saturated rings. The monoisotopic (exact) mass is 605 g/mol. The molecule has 11 heteroatoms. The van der Waals surface area contributed by atoms with Gasteiger partial charge in [-0.1, -0.05) is 63.1 Å². The highest BCUT2D eigenvalue weighted by Crippen LogP contribution is 2.29. The fourth-order valence-electron chi connectivity index (χ4n) is 4.98. The van der Waals surface area contributed by atoms with Gasteiger partial charge < -0.3 is 9.64 Å². The van der Waals surface area contributed by atoms with Crippen LogP contribution in [0.2, 0.25) is 5.02 Å². The average molecular weight is 607 g/mol. The zero-order valence-corrected chi connectivity index (χ0v) is 23.7. The van der Waals surface area contributed by atoms with Gasteiger partial charge in [0.05, 0.1) is 57.6 Å². The summed E-state index contributed by atoms with van der Waals surface area (Å²) < 4.78 is 10.3. The molecule has 1 aliphatic rings. The first-order valence-electron chi connectivity index (χ1n) is 12.5. The van der Waals surface area contributed by atoms with Crippen LogP contribution in [0.1, 0.15) is 21.7 Å². The molecule has 1 atom stereocenters. The molecule has 1 saturated heterocycles. The van der Waals surface area contributed by atoms with E-state index in [1.54, 1.807) is 9.36 Å². The van der Waals surface area contributed by atoms with Crippen LogP contribution in [0.25, 0.3) is 28.0 Å². The van der Waals surface area contributed by atoms with Crippen LogP contribution in [0.3, 0.4) is 0 Å². The molecule has 0 spiro atoms. The standard InChI is InChI=1S/C28H25BrClN7O2/c1-17-26-22(14-24(18-6-4-3-5-7-18)31-27(26)35(2)33-17)28(38)36-10-11-39-21(16-36)13-20-15-37(34-32-20)25-9-8-19(29)12-23(25)30/h3-9,12,14-15,21H,10-11,13,16H2,1-2H3. The van der Waals surface area contributed by atoms with Crippen molar-refractivity contribution >= 4 is 44.5 Å². The van der Waals surface area contributed by atoms with Gasteiger partial charge in [0.25, 0.3) is 5.91 Å². The highest BCUT2D eigenvalue weighted by Gasteiger charge is 2.29. The third-order valence-corrected chi connectivity index (χ3v) is 7.62. The van der Waals surface area contributed by atoms with Gasteiger partial charge in [0.15, 0.2) is 5.65 Å². The molecule has 3 aromatic heterocycles. The van der Waals surface area contributed by atoms with Crippen LogP contribution in [0.15, 0.2) is 65.3 Å². The molecule has 5 aromatic rings. The highest BCUT2D eigenvalue weighted by atomic mass is 79.9. The van der Waals surface area contributed by atoms with Crippen molar-refractivity contribution in [2.75, 3.05) is 19.7 Å². The van der Waals surface area contributed by atoms with Gasteiger partial charge in [-0.3, -0.25) is 9.48 Å². The Bertz CT molecular complexity index is 1680. The molecule has 6 rings (SSSR count). The minimum Gasteiger partial charge on any atom is -0.374 e. The van der Waals surface area contributed by atoms with E-state index in [0.29, 0.717) is 42.4 Å². The van der Waals surface area contributed by atoms with Crippen LogP contribution >= 0.6 is 27.5 Å². The molecule has 1 aliphatic heterocycles. The van der Waals surface area contributed by atoms with Crippen molar-refractivity contribution in [1.29, 1.82) is 0 Å². The molecule has 0 saturated carbocycles. The van der Waals surface area contributed by atoms with Gasteiger partial charge in [0, 0.05) is 36.6 Å². The van der Waals surface area contributed by atoms with Crippen LogP contribution in [0.5, 0.6) is 0 Å². The van der Waals surface area contributed by atoms with Crippen molar-refractivity contribution in [3.63, 3.8) is 0 Å². The number of halogens is 2. The molecular formula is C28H25BrClN7O2. The summed E-state index contributed by atoms with van der Waals surface area (Å²) in [7, 11) is 1.85. The first-order chi connectivity index (χ1) is 18.9. The minimum atomic E-state index is -0.214. The summed E-state index contributed by atoms with van der Waals surface area (Å²) in [5.74, 6) is -0.0609. The summed E-state index contributed by atoms with van der Waals surface area (Å²) in [6.45, 7) is 3.29. The molecule has 2 aromatic carbocycles. The van der Waals surface area contributed by atoms with Crippen molar-refractivity contribution in [3.8, 4) is 16.9 Å². The summed E-state index contributed by atoms with van der Waals surface area (Å²) in [4.78, 5) is 20.7. The summed E-state index contributed by atoms with van der Waals surface area (Å²) in [6.07, 6.45) is 2.15. The number of amides is 1. The Balaban J connectivity index is 1.25. The topological polar surface area (TPSA) is 91.0 Å². The normalized spacial score (nSPS) is 15.7. The second-order valence-electron chi connectivity index (χ2n) is 9.53. The minimum absolute atomic E-state index is 0.0609. The van der Waals surface area contributed by atoms with E-state index in [4.69, 9.17) is 21.3 Å². The van der Waals surface area contributed by atoms with E-state index in [1.165, 1.54) is 0 Å². The van der Waals surface area contributed by atoms with Crippen LogP contribution in [-0.4, -0.2) is 66.4 Å². The molecular weight excluding hydrogens is 582 g/mol.